The number of amides is 2. The van der Waals surface area contributed by atoms with Crippen LogP contribution >= 0.6 is 0 Å². The van der Waals surface area contributed by atoms with E-state index in [1.807, 2.05) is 0 Å². The topological polar surface area (TPSA) is 105 Å². The minimum Gasteiger partial charge on any atom is -0.394 e. The Morgan fingerprint density at radius 2 is 1.81 bits per heavy atom. The van der Waals surface area contributed by atoms with Crippen LogP contribution in [0.2, 0.25) is 0 Å². The van der Waals surface area contributed by atoms with Gasteiger partial charge in [-0.2, -0.15) is 13.2 Å². The number of carbonyl (C=O) groups excluding carboxylic acids is 2. The number of carbonyl (C=O) groups is 2. The molecule has 0 saturated carbocycles. The van der Waals surface area contributed by atoms with Crippen LogP contribution in [-0.2, 0) is 30.5 Å². The lowest BCUT2D eigenvalue weighted by molar-refractivity contribution is -0.148. The summed E-state index contributed by atoms with van der Waals surface area (Å²) in [6.07, 6.45) is -4.37. The zero-order valence-corrected chi connectivity index (χ0v) is 19.6. The number of benzene rings is 1. The van der Waals surface area contributed by atoms with Gasteiger partial charge in [-0.1, -0.05) is 0 Å². The van der Waals surface area contributed by atoms with Gasteiger partial charge in [-0.15, -0.1) is 0 Å². The predicted molar refractivity (Wildman–Crippen MR) is 116 cm³/mol. The highest BCUT2D eigenvalue weighted by Crippen LogP contribution is 2.33. The summed E-state index contributed by atoms with van der Waals surface area (Å²) in [6, 6.07) is -0.484. The summed E-state index contributed by atoms with van der Waals surface area (Å²) in [6.45, 7) is -0.807. The van der Waals surface area contributed by atoms with Gasteiger partial charge in [0.05, 0.1) is 24.9 Å². The first-order valence-corrected chi connectivity index (χ1v) is 11.7. The highest BCUT2D eigenvalue weighted by molar-refractivity contribution is 5.94. The van der Waals surface area contributed by atoms with E-state index in [2.05, 4.69) is 4.98 Å². The van der Waals surface area contributed by atoms with E-state index >= 15 is 0 Å². The lowest BCUT2D eigenvalue weighted by Crippen LogP contribution is -2.43. The number of fused-ring (bicyclic) bond motifs is 1. The van der Waals surface area contributed by atoms with Crippen LogP contribution in [-0.4, -0.2) is 68.1 Å². The molecule has 2 aromatic rings. The first kappa shape index (κ1) is 26.9. The number of halogens is 6. The number of nitrogens with zero attached hydrogens (tertiary/aromatic N) is 4. The summed E-state index contributed by atoms with van der Waals surface area (Å²) < 4.78 is 82.4. The molecule has 3 heterocycles. The second-order valence-corrected chi connectivity index (χ2v) is 9.20. The van der Waals surface area contributed by atoms with Crippen molar-refractivity contribution in [3.05, 3.63) is 52.4 Å². The number of aliphatic hydroxyl groups is 1. The SMILES string of the molecule is NC(CC(=O)N1CCn2c(C(F)(F)F)nc(C(=O)N3CCC[C@@H]3CO)c2C1)Cc1cc(F)c(F)cc1F. The van der Waals surface area contributed by atoms with Gasteiger partial charge in [0.1, 0.15) is 5.82 Å². The molecule has 2 atom stereocenters. The van der Waals surface area contributed by atoms with E-state index in [4.69, 9.17) is 5.73 Å². The summed E-state index contributed by atoms with van der Waals surface area (Å²) in [7, 11) is 0. The molecule has 4 rings (SSSR count). The van der Waals surface area contributed by atoms with Crippen LogP contribution in [0.4, 0.5) is 26.3 Å². The molecule has 0 radical (unpaired) electrons. The first-order valence-electron chi connectivity index (χ1n) is 11.7. The number of imidazole rings is 1. The van der Waals surface area contributed by atoms with Gasteiger partial charge >= 0.3 is 6.18 Å². The molecule has 0 spiro atoms. The van der Waals surface area contributed by atoms with Crippen molar-refractivity contribution in [2.75, 3.05) is 19.7 Å². The van der Waals surface area contributed by atoms with E-state index in [1.54, 1.807) is 0 Å². The summed E-state index contributed by atoms with van der Waals surface area (Å²) in [5.41, 5.74) is 5.20. The Balaban J connectivity index is 1.53. The summed E-state index contributed by atoms with van der Waals surface area (Å²) in [4.78, 5) is 32.1. The van der Waals surface area contributed by atoms with Gasteiger partial charge in [-0.25, -0.2) is 18.2 Å². The van der Waals surface area contributed by atoms with Crippen molar-refractivity contribution in [3.8, 4) is 0 Å². The summed E-state index contributed by atoms with van der Waals surface area (Å²) >= 11 is 0. The molecular weight excluding hydrogens is 508 g/mol. The fourth-order valence-electron chi connectivity index (χ4n) is 4.83. The fourth-order valence-corrected chi connectivity index (χ4v) is 4.83. The Labute approximate surface area is 207 Å². The maximum Gasteiger partial charge on any atom is 0.449 e. The largest absolute Gasteiger partial charge is 0.449 e. The zero-order valence-electron chi connectivity index (χ0n) is 19.6. The third kappa shape index (κ3) is 5.44. The van der Waals surface area contributed by atoms with E-state index in [-0.39, 0.29) is 56.9 Å². The quantitative estimate of drug-likeness (QED) is 0.438. The molecule has 37 heavy (non-hydrogen) atoms. The molecule has 1 unspecified atom stereocenters. The minimum atomic E-state index is -4.84. The Morgan fingerprint density at radius 3 is 2.49 bits per heavy atom. The van der Waals surface area contributed by atoms with E-state index < -0.39 is 59.0 Å². The van der Waals surface area contributed by atoms with Gasteiger partial charge in [-0.05, 0) is 30.9 Å². The number of alkyl halides is 3. The molecule has 0 aliphatic carbocycles. The number of likely N-dealkylation sites (tertiary alicyclic amines) is 1. The number of hydrogen-bond donors (Lipinski definition) is 2. The van der Waals surface area contributed by atoms with Gasteiger partial charge in [0, 0.05) is 38.2 Å². The zero-order chi connectivity index (χ0) is 27.1. The molecular formula is C23H25F6N5O3. The van der Waals surface area contributed by atoms with Crippen LogP contribution in [0, 0.1) is 17.5 Å². The Hall–Kier alpha value is -3.13. The molecule has 8 nitrogen and oxygen atoms in total. The van der Waals surface area contributed by atoms with Crippen LogP contribution in [0.15, 0.2) is 12.1 Å². The Bertz CT molecular complexity index is 1200. The van der Waals surface area contributed by atoms with Crippen molar-refractivity contribution in [1.82, 2.24) is 19.4 Å². The lowest BCUT2D eigenvalue weighted by atomic mass is 10.0. The van der Waals surface area contributed by atoms with Crippen molar-refractivity contribution in [1.29, 1.82) is 0 Å². The normalized spacial score (nSPS) is 18.8. The molecule has 202 valence electrons. The number of nitrogens with two attached hydrogens (primary N) is 1. The smallest absolute Gasteiger partial charge is 0.394 e. The molecule has 14 heteroatoms. The predicted octanol–water partition coefficient (Wildman–Crippen LogP) is 2.22. The number of rotatable bonds is 6. The van der Waals surface area contributed by atoms with E-state index in [9.17, 15) is 41.0 Å². The standard InChI is InChI=1S/C23H25F6N5O3/c24-15-9-17(26)16(25)7-12(15)6-13(30)8-19(36)32-4-5-34-18(10-32)20(31-22(34)23(27,28)29)21(37)33-3-1-2-14(33)11-35/h7,9,13-14,35H,1-6,8,10-11,30H2/t13?,14-/m1/s1. The monoisotopic (exact) mass is 533 g/mol. The van der Waals surface area contributed by atoms with Crippen LogP contribution in [0.3, 0.4) is 0 Å². The van der Waals surface area contributed by atoms with Gasteiger partial charge in [0.2, 0.25) is 11.7 Å². The fraction of sp³-hybridized carbons (Fsp3) is 0.522. The number of aliphatic hydroxyl groups excluding tert-OH is 1. The Morgan fingerprint density at radius 1 is 1.11 bits per heavy atom. The molecule has 2 aliphatic rings. The Kier molecular flexibility index (Phi) is 7.51. The summed E-state index contributed by atoms with van der Waals surface area (Å²) in [5.74, 6) is -6.21. The van der Waals surface area contributed by atoms with E-state index in [0.717, 1.165) is 4.57 Å². The number of aromatic nitrogens is 2. The van der Waals surface area contributed by atoms with Crippen LogP contribution in [0.1, 0.15) is 46.8 Å². The summed E-state index contributed by atoms with van der Waals surface area (Å²) in [5, 5.41) is 9.53. The maximum absolute atomic E-state index is 13.9. The average Bonchev–Trinajstić information content (AvgIpc) is 3.46. The molecule has 1 aromatic heterocycles. The minimum absolute atomic E-state index is 0.0827. The highest BCUT2D eigenvalue weighted by atomic mass is 19.4. The molecule has 1 fully saturated rings. The van der Waals surface area contributed by atoms with Crippen molar-refractivity contribution >= 4 is 11.8 Å². The molecule has 3 N–H and O–H groups in total. The molecule has 0 bridgehead atoms. The first-order chi connectivity index (χ1) is 17.4. The van der Waals surface area contributed by atoms with Gasteiger partial charge in [0.15, 0.2) is 17.3 Å². The van der Waals surface area contributed by atoms with Gasteiger partial charge < -0.3 is 25.2 Å². The molecule has 2 aliphatic heterocycles. The van der Waals surface area contributed by atoms with E-state index in [1.165, 1.54) is 9.80 Å². The van der Waals surface area contributed by atoms with Gasteiger partial charge in [-0.3, -0.25) is 9.59 Å². The molecule has 1 saturated heterocycles. The number of hydrogen-bond acceptors (Lipinski definition) is 5. The third-order valence-electron chi connectivity index (χ3n) is 6.67. The molecule has 1 aromatic carbocycles. The van der Waals surface area contributed by atoms with Crippen molar-refractivity contribution in [3.63, 3.8) is 0 Å². The van der Waals surface area contributed by atoms with Crippen molar-refractivity contribution < 1.29 is 41.0 Å². The second kappa shape index (κ2) is 10.3. The molecule has 2 amide bonds. The highest BCUT2D eigenvalue weighted by Gasteiger charge is 2.43. The third-order valence-corrected chi connectivity index (χ3v) is 6.67. The van der Waals surface area contributed by atoms with Crippen molar-refractivity contribution in [2.45, 2.75) is 57.0 Å². The van der Waals surface area contributed by atoms with E-state index in [0.29, 0.717) is 25.0 Å². The van der Waals surface area contributed by atoms with Gasteiger partial charge in [0.25, 0.3) is 5.91 Å². The van der Waals surface area contributed by atoms with Crippen LogP contribution in [0.25, 0.3) is 0 Å². The second-order valence-electron chi connectivity index (χ2n) is 9.20. The lowest BCUT2D eigenvalue weighted by Gasteiger charge is -2.31. The van der Waals surface area contributed by atoms with Crippen molar-refractivity contribution in [2.24, 2.45) is 5.73 Å². The average molecular weight is 533 g/mol. The van der Waals surface area contributed by atoms with Crippen LogP contribution in [0.5, 0.6) is 0 Å². The van der Waals surface area contributed by atoms with Crippen LogP contribution < -0.4 is 5.73 Å². The maximum atomic E-state index is 13.9.